The fourth-order valence-electron chi connectivity index (χ4n) is 2.30. The maximum Gasteiger partial charge on any atom is 0.329 e. The molecule has 21 heavy (non-hydrogen) atoms. The first kappa shape index (κ1) is 15.3. The van der Waals surface area contributed by atoms with Crippen molar-refractivity contribution < 1.29 is 24.2 Å². The van der Waals surface area contributed by atoms with Crippen LogP contribution in [0.4, 0.5) is 0 Å². The molecule has 0 saturated carbocycles. The molecule has 114 valence electrons. The van der Waals surface area contributed by atoms with E-state index in [2.05, 4.69) is 5.32 Å². The van der Waals surface area contributed by atoms with Crippen LogP contribution in [-0.4, -0.2) is 42.3 Å². The second-order valence-corrected chi connectivity index (χ2v) is 4.91. The highest BCUT2D eigenvalue weighted by atomic mass is 16.5. The van der Waals surface area contributed by atoms with Crippen molar-refractivity contribution in [1.82, 2.24) is 5.32 Å². The summed E-state index contributed by atoms with van der Waals surface area (Å²) in [5, 5.41) is 12.1. The van der Waals surface area contributed by atoms with Crippen LogP contribution in [0.15, 0.2) is 24.3 Å². The van der Waals surface area contributed by atoms with Gasteiger partial charge in [-0.25, -0.2) is 4.79 Å². The predicted molar refractivity (Wildman–Crippen MR) is 75.5 cm³/mol. The average Bonchev–Trinajstić information content (AvgIpc) is 2.48. The molecule has 1 heterocycles. The van der Waals surface area contributed by atoms with E-state index in [1.165, 1.54) is 0 Å². The summed E-state index contributed by atoms with van der Waals surface area (Å²) in [5.41, 5.74) is -0.871. The summed E-state index contributed by atoms with van der Waals surface area (Å²) in [6, 6.07) is 6.69. The Labute approximate surface area is 123 Å². The lowest BCUT2D eigenvalue weighted by Gasteiger charge is -2.33. The molecule has 0 aliphatic carbocycles. The number of carboxylic acid groups (broad SMARTS) is 1. The first-order valence-electron chi connectivity index (χ1n) is 6.94. The minimum Gasteiger partial charge on any atom is -0.494 e. The lowest BCUT2D eigenvalue weighted by atomic mass is 9.89. The van der Waals surface area contributed by atoms with Crippen molar-refractivity contribution in [1.29, 1.82) is 0 Å². The number of nitrogens with one attached hydrogen (secondary N) is 1. The lowest BCUT2D eigenvalue weighted by molar-refractivity contribution is -0.148. The van der Waals surface area contributed by atoms with Gasteiger partial charge in [-0.05, 0) is 25.1 Å². The van der Waals surface area contributed by atoms with Gasteiger partial charge in [0.25, 0.3) is 5.91 Å². The standard InChI is InChI=1S/C15H19NO5/c1-2-21-12-5-3-4-11(10-12)13(17)16-15(14(18)19)6-8-20-9-7-15/h3-5,10H,2,6-9H2,1H3,(H,16,17)(H,18,19). The highest BCUT2D eigenvalue weighted by molar-refractivity contribution is 5.98. The van der Waals surface area contributed by atoms with Gasteiger partial charge < -0.3 is 19.9 Å². The molecule has 6 heteroatoms. The molecule has 1 aliphatic rings. The Hall–Kier alpha value is -2.08. The third kappa shape index (κ3) is 3.52. The molecule has 0 atom stereocenters. The maximum atomic E-state index is 12.3. The molecule has 1 aromatic carbocycles. The minimum absolute atomic E-state index is 0.263. The van der Waals surface area contributed by atoms with Crippen LogP contribution < -0.4 is 10.1 Å². The molecular formula is C15H19NO5. The SMILES string of the molecule is CCOc1cccc(C(=O)NC2(C(=O)O)CCOCC2)c1. The van der Waals surface area contributed by atoms with Gasteiger partial charge in [0, 0.05) is 31.6 Å². The largest absolute Gasteiger partial charge is 0.494 e. The Bertz CT molecular complexity index is 523. The van der Waals surface area contributed by atoms with Gasteiger partial charge >= 0.3 is 5.97 Å². The molecule has 1 amide bonds. The van der Waals surface area contributed by atoms with Crippen molar-refractivity contribution in [3.63, 3.8) is 0 Å². The van der Waals surface area contributed by atoms with Crippen LogP contribution in [0.25, 0.3) is 0 Å². The summed E-state index contributed by atoms with van der Waals surface area (Å²) in [4.78, 5) is 23.8. The normalized spacial score (nSPS) is 17.0. The number of benzene rings is 1. The Kier molecular flexibility index (Phi) is 4.80. The zero-order valence-electron chi connectivity index (χ0n) is 11.9. The van der Waals surface area contributed by atoms with Crippen molar-refractivity contribution in [3.8, 4) is 5.75 Å². The van der Waals surface area contributed by atoms with E-state index in [1.54, 1.807) is 24.3 Å². The van der Waals surface area contributed by atoms with Crippen LogP contribution in [0.3, 0.4) is 0 Å². The number of hydrogen-bond donors (Lipinski definition) is 2. The Balaban J connectivity index is 2.15. The van der Waals surface area contributed by atoms with E-state index in [9.17, 15) is 14.7 Å². The van der Waals surface area contributed by atoms with E-state index < -0.39 is 17.4 Å². The van der Waals surface area contributed by atoms with Gasteiger partial charge in [0.15, 0.2) is 0 Å². The summed E-state index contributed by atoms with van der Waals surface area (Å²) in [7, 11) is 0. The van der Waals surface area contributed by atoms with Crippen molar-refractivity contribution in [2.75, 3.05) is 19.8 Å². The average molecular weight is 293 g/mol. The highest BCUT2D eigenvalue weighted by Gasteiger charge is 2.41. The summed E-state index contributed by atoms with van der Waals surface area (Å²) in [6.07, 6.45) is 0.526. The Morgan fingerprint density at radius 2 is 2.10 bits per heavy atom. The minimum atomic E-state index is -1.25. The number of carbonyl (C=O) groups excluding carboxylic acids is 1. The fourth-order valence-corrected chi connectivity index (χ4v) is 2.30. The fraction of sp³-hybridized carbons (Fsp3) is 0.467. The van der Waals surface area contributed by atoms with Gasteiger partial charge in [0.1, 0.15) is 11.3 Å². The van der Waals surface area contributed by atoms with Gasteiger partial charge in [0.2, 0.25) is 0 Å². The Morgan fingerprint density at radius 3 is 2.71 bits per heavy atom. The molecule has 2 N–H and O–H groups in total. The monoisotopic (exact) mass is 293 g/mol. The summed E-state index contributed by atoms with van der Waals surface area (Å²) >= 11 is 0. The summed E-state index contributed by atoms with van der Waals surface area (Å²) < 4.78 is 10.5. The maximum absolute atomic E-state index is 12.3. The first-order valence-corrected chi connectivity index (χ1v) is 6.94. The zero-order valence-corrected chi connectivity index (χ0v) is 11.9. The van der Waals surface area contributed by atoms with Crippen LogP contribution in [0, 0.1) is 0 Å². The van der Waals surface area contributed by atoms with Crippen molar-refractivity contribution in [2.45, 2.75) is 25.3 Å². The molecule has 6 nitrogen and oxygen atoms in total. The van der Waals surface area contributed by atoms with Crippen LogP contribution in [0.1, 0.15) is 30.1 Å². The number of rotatable bonds is 5. The third-order valence-corrected chi connectivity index (χ3v) is 3.52. The van der Waals surface area contributed by atoms with E-state index in [4.69, 9.17) is 9.47 Å². The van der Waals surface area contributed by atoms with Crippen LogP contribution in [-0.2, 0) is 9.53 Å². The number of carbonyl (C=O) groups is 2. The number of carboxylic acids is 1. The number of ether oxygens (including phenoxy) is 2. The van der Waals surface area contributed by atoms with E-state index in [0.29, 0.717) is 31.1 Å². The van der Waals surface area contributed by atoms with Gasteiger partial charge in [-0.1, -0.05) is 6.07 Å². The van der Waals surface area contributed by atoms with E-state index >= 15 is 0 Å². The van der Waals surface area contributed by atoms with Crippen molar-refractivity contribution in [3.05, 3.63) is 29.8 Å². The van der Waals surface area contributed by atoms with Crippen LogP contribution in [0.5, 0.6) is 5.75 Å². The van der Waals surface area contributed by atoms with Crippen molar-refractivity contribution in [2.24, 2.45) is 0 Å². The number of hydrogen-bond acceptors (Lipinski definition) is 4. The molecule has 0 bridgehead atoms. The summed E-state index contributed by atoms with van der Waals surface area (Å²) in [6.45, 7) is 3.01. The van der Waals surface area contributed by atoms with Gasteiger partial charge in [0.05, 0.1) is 6.61 Å². The molecule has 0 radical (unpaired) electrons. The second-order valence-electron chi connectivity index (χ2n) is 4.91. The first-order chi connectivity index (χ1) is 10.1. The quantitative estimate of drug-likeness (QED) is 0.858. The molecule has 1 saturated heterocycles. The predicted octanol–water partition coefficient (Wildman–Crippen LogP) is 1.45. The molecule has 1 aliphatic heterocycles. The Morgan fingerprint density at radius 1 is 1.38 bits per heavy atom. The number of aliphatic carboxylic acids is 1. The van der Waals surface area contributed by atoms with E-state index in [1.807, 2.05) is 6.92 Å². The molecule has 1 fully saturated rings. The van der Waals surface area contributed by atoms with Gasteiger partial charge in [-0.3, -0.25) is 4.79 Å². The van der Waals surface area contributed by atoms with Gasteiger partial charge in [-0.15, -0.1) is 0 Å². The van der Waals surface area contributed by atoms with E-state index in [0.717, 1.165) is 0 Å². The molecular weight excluding hydrogens is 274 g/mol. The summed E-state index contributed by atoms with van der Waals surface area (Å²) in [5.74, 6) is -0.859. The molecule has 2 rings (SSSR count). The van der Waals surface area contributed by atoms with Crippen LogP contribution >= 0.6 is 0 Å². The molecule has 0 spiro atoms. The zero-order chi connectivity index (χ0) is 15.3. The molecule has 0 aromatic heterocycles. The van der Waals surface area contributed by atoms with Crippen molar-refractivity contribution >= 4 is 11.9 Å². The van der Waals surface area contributed by atoms with E-state index in [-0.39, 0.29) is 12.8 Å². The third-order valence-electron chi connectivity index (χ3n) is 3.52. The smallest absolute Gasteiger partial charge is 0.329 e. The second kappa shape index (κ2) is 6.58. The highest BCUT2D eigenvalue weighted by Crippen LogP contribution is 2.22. The van der Waals surface area contributed by atoms with Gasteiger partial charge in [-0.2, -0.15) is 0 Å². The van der Waals surface area contributed by atoms with Crippen LogP contribution in [0.2, 0.25) is 0 Å². The molecule has 0 unspecified atom stereocenters. The lowest BCUT2D eigenvalue weighted by Crippen LogP contribution is -2.57. The molecule has 1 aromatic rings. The number of amides is 1. The topological polar surface area (TPSA) is 84.9 Å².